The first kappa shape index (κ1) is 9.88. The van der Waals surface area contributed by atoms with E-state index in [2.05, 4.69) is 12.2 Å². The van der Waals surface area contributed by atoms with E-state index < -0.39 is 6.29 Å². The number of hydrogen-bond donors (Lipinski definition) is 2. The van der Waals surface area contributed by atoms with Crippen molar-refractivity contribution in [2.45, 2.75) is 26.6 Å². The second-order valence-corrected chi connectivity index (χ2v) is 2.11. The lowest BCUT2D eigenvalue weighted by atomic mass is 10.5. The highest BCUT2D eigenvalue weighted by Gasteiger charge is 1.99. The zero-order chi connectivity index (χ0) is 7.82. The van der Waals surface area contributed by atoms with Crippen molar-refractivity contribution in [2.24, 2.45) is 0 Å². The normalized spacial score (nSPS) is 13.5. The molecule has 2 N–H and O–H groups in total. The molecule has 0 bridgehead atoms. The zero-order valence-electron chi connectivity index (χ0n) is 6.76. The molecule has 1 unspecified atom stereocenters. The molecule has 3 nitrogen and oxygen atoms in total. The summed E-state index contributed by atoms with van der Waals surface area (Å²) in [6.07, 6.45) is 0.440. The minimum absolute atomic E-state index is 0.529. The zero-order valence-corrected chi connectivity index (χ0v) is 6.76. The van der Waals surface area contributed by atoms with Gasteiger partial charge in [0, 0.05) is 13.2 Å². The first-order chi connectivity index (χ1) is 4.81. The van der Waals surface area contributed by atoms with Gasteiger partial charge < -0.3 is 15.2 Å². The molecule has 0 aliphatic rings. The van der Waals surface area contributed by atoms with Gasteiger partial charge in [-0.3, -0.25) is 0 Å². The Morgan fingerprint density at radius 2 is 2.20 bits per heavy atom. The maximum Gasteiger partial charge on any atom is 0.167 e. The van der Waals surface area contributed by atoms with Gasteiger partial charge in [0.15, 0.2) is 6.29 Å². The molecule has 62 valence electrons. The third kappa shape index (κ3) is 6.01. The SMILES string of the molecule is CCCNCC(O)OCC. The van der Waals surface area contributed by atoms with Gasteiger partial charge >= 0.3 is 0 Å². The predicted molar refractivity (Wildman–Crippen MR) is 40.8 cm³/mol. The van der Waals surface area contributed by atoms with Crippen LogP contribution in [0.2, 0.25) is 0 Å². The maximum absolute atomic E-state index is 8.99. The molecule has 0 aromatic heterocycles. The number of hydrogen-bond acceptors (Lipinski definition) is 3. The summed E-state index contributed by atoms with van der Waals surface area (Å²) in [7, 11) is 0. The van der Waals surface area contributed by atoms with Gasteiger partial charge in [0.25, 0.3) is 0 Å². The van der Waals surface area contributed by atoms with E-state index in [4.69, 9.17) is 9.84 Å². The lowest BCUT2D eigenvalue weighted by Gasteiger charge is -2.10. The van der Waals surface area contributed by atoms with Crippen LogP contribution in [0.3, 0.4) is 0 Å². The van der Waals surface area contributed by atoms with Gasteiger partial charge in [0.1, 0.15) is 0 Å². The Morgan fingerprint density at radius 1 is 1.50 bits per heavy atom. The molecular weight excluding hydrogens is 130 g/mol. The third-order valence-corrected chi connectivity index (χ3v) is 1.10. The van der Waals surface area contributed by atoms with Gasteiger partial charge in [0.05, 0.1) is 0 Å². The second-order valence-electron chi connectivity index (χ2n) is 2.11. The fraction of sp³-hybridized carbons (Fsp3) is 1.00. The average Bonchev–Trinajstić information content (AvgIpc) is 1.89. The van der Waals surface area contributed by atoms with Crippen LogP contribution < -0.4 is 5.32 Å². The van der Waals surface area contributed by atoms with Gasteiger partial charge in [0.2, 0.25) is 0 Å². The number of aliphatic hydroxyl groups is 1. The van der Waals surface area contributed by atoms with E-state index in [1.165, 1.54) is 0 Å². The molecule has 0 spiro atoms. The topological polar surface area (TPSA) is 41.5 Å². The van der Waals surface area contributed by atoms with E-state index in [0.29, 0.717) is 13.2 Å². The molecule has 0 aromatic rings. The van der Waals surface area contributed by atoms with Crippen molar-refractivity contribution in [3.63, 3.8) is 0 Å². The summed E-state index contributed by atoms with van der Waals surface area (Å²) in [6.45, 7) is 5.98. The molecule has 3 heteroatoms. The van der Waals surface area contributed by atoms with Crippen LogP contribution in [0.1, 0.15) is 20.3 Å². The molecule has 1 atom stereocenters. The van der Waals surface area contributed by atoms with E-state index in [9.17, 15) is 0 Å². The van der Waals surface area contributed by atoms with Crippen molar-refractivity contribution in [2.75, 3.05) is 19.7 Å². The molecule has 0 rings (SSSR count). The summed E-state index contributed by atoms with van der Waals surface area (Å²) in [4.78, 5) is 0. The minimum Gasteiger partial charge on any atom is -0.367 e. The van der Waals surface area contributed by atoms with Gasteiger partial charge in [-0.05, 0) is 19.9 Å². The van der Waals surface area contributed by atoms with Crippen molar-refractivity contribution >= 4 is 0 Å². The van der Waals surface area contributed by atoms with E-state index in [0.717, 1.165) is 13.0 Å². The summed E-state index contributed by atoms with van der Waals surface area (Å²) < 4.78 is 4.88. The molecule has 10 heavy (non-hydrogen) atoms. The lowest BCUT2D eigenvalue weighted by Crippen LogP contribution is -2.29. The molecule has 0 amide bonds. The van der Waals surface area contributed by atoms with Gasteiger partial charge in [-0.25, -0.2) is 0 Å². The minimum atomic E-state index is -0.642. The summed E-state index contributed by atoms with van der Waals surface area (Å²) >= 11 is 0. The fourth-order valence-corrected chi connectivity index (χ4v) is 0.654. The van der Waals surface area contributed by atoms with Gasteiger partial charge in [-0.15, -0.1) is 0 Å². The Labute approximate surface area is 62.4 Å². The second kappa shape index (κ2) is 6.99. The highest BCUT2D eigenvalue weighted by molar-refractivity contribution is 4.47. The first-order valence-corrected chi connectivity index (χ1v) is 3.81. The van der Waals surface area contributed by atoms with Crippen molar-refractivity contribution in [1.29, 1.82) is 0 Å². The van der Waals surface area contributed by atoms with Gasteiger partial charge in [-0.1, -0.05) is 6.92 Å². The van der Waals surface area contributed by atoms with Crippen LogP contribution in [0.25, 0.3) is 0 Å². The lowest BCUT2D eigenvalue weighted by molar-refractivity contribution is -0.0911. The van der Waals surface area contributed by atoms with Crippen molar-refractivity contribution in [3.05, 3.63) is 0 Å². The van der Waals surface area contributed by atoms with Crippen LogP contribution in [-0.2, 0) is 4.74 Å². The van der Waals surface area contributed by atoms with Crippen LogP contribution >= 0.6 is 0 Å². The first-order valence-electron chi connectivity index (χ1n) is 3.81. The Kier molecular flexibility index (Phi) is 6.91. The van der Waals surface area contributed by atoms with Crippen molar-refractivity contribution < 1.29 is 9.84 Å². The average molecular weight is 147 g/mol. The van der Waals surface area contributed by atoms with Crippen LogP contribution in [0.5, 0.6) is 0 Å². The fourth-order valence-electron chi connectivity index (χ4n) is 0.654. The largest absolute Gasteiger partial charge is 0.367 e. The van der Waals surface area contributed by atoms with Crippen LogP contribution in [0.4, 0.5) is 0 Å². The van der Waals surface area contributed by atoms with E-state index in [1.807, 2.05) is 6.92 Å². The maximum atomic E-state index is 8.99. The van der Waals surface area contributed by atoms with Crippen LogP contribution in [-0.4, -0.2) is 31.1 Å². The predicted octanol–water partition coefficient (Wildman–Crippen LogP) is 0.341. The molecular formula is C7H17NO2. The summed E-state index contributed by atoms with van der Waals surface area (Å²) in [5.74, 6) is 0. The molecule has 0 heterocycles. The summed E-state index contributed by atoms with van der Waals surface area (Å²) in [5.41, 5.74) is 0. The number of nitrogens with one attached hydrogen (secondary N) is 1. The van der Waals surface area contributed by atoms with Crippen LogP contribution in [0, 0.1) is 0 Å². The summed E-state index contributed by atoms with van der Waals surface area (Å²) in [6, 6.07) is 0. The Hall–Kier alpha value is -0.120. The molecule has 0 saturated heterocycles. The molecule has 0 aromatic carbocycles. The molecule has 0 saturated carbocycles. The van der Waals surface area contributed by atoms with E-state index >= 15 is 0 Å². The molecule has 0 aliphatic heterocycles. The Bertz CT molecular complexity index is 68.6. The number of aliphatic hydroxyl groups excluding tert-OH is 1. The highest BCUT2D eigenvalue weighted by Crippen LogP contribution is 1.83. The highest BCUT2D eigenvalue weighted by atomic mass is 16.6. The third-order valence-electron chi connectivity index (χ3n) is 1.10. The van der Waals surface area contributed by atoms with Gasteiger partial charge in [-0.2, -0.15) is 0 Å². The number of rotatable bonds is 6. The Balaban J connectivity index is 2.97. The number of ether oxygens (including phenoxy) is 1. The van der Waals surface area contributed by atoms with Crippen molar-refractivity contribution in [1.82, 2.24) is 5.32 Å². The standard InChI is InChI=1S/C7H17NO2/c1-3-5-8-6-7(9)10-4-2/h7-9H,3-6H2,1-2H3. The monoisotopic (exact) mass is 147 g/mol. The molecule has 0 fully saturated rings. The summed E-state index contributed by atoms with van der Waals surface area (Å²) in [5, 5.41) is 12.0. The molecule has 0 radical (unpaired) electrons. The quantitative estimate of drug-likeness (QED) is 0.420. The molecule has 0 aliphatic carbocycles. The van der Waals surface area contributed by atoms with Crippen molar-refractivity contribution in [3.8, 4) is 0 Å². The smallest absolute Gasteiger partial charge is 0.167 e. The Morgan fingerprint density at radius 3 is 2.70 bits per heavy atom. The van der Waals surface area contributed by atoms with E-state index in [-0.39, 0.29) is 0 Å². The van der Waals surface area contributed by atoms with E-state index in [1.54, 1.807) is 0 Å². The van der Waals surface area contributed by atoms with Crippen LogP contribution in [0.15, 0.2) is 0 Å².